The third kappa shape index (κ3) is 3.29. The van der Waals surface area contributed by atoms with E-state index in [1.165, 1.54) is 12.8 Å². The first-order valence-electron chi connectivity index (χ1n) is 7.95. The molecule has 0 amide bonds. The first kappa shape index (κ1) is 14.2. The molecule has 3 atom stereocenters. The van der Waals surface area contributed by atoms with Crippen molar-refractivity contribution in [2.24, 2.45) is 17.8 Å². The van der Waals surface area contributed by atoms with Gasteiger partial charge in [-0.3, -0.25) is 0 Å². The maximum Gasteiger partial charge on any atom is 0.338 e. The molecule has 0 saturated heterocycles. The van der Waals surface area contributed by atoms with Crippen LogP contribution in [0.3, 0.4) is 0 Å². The molecule has 1 fully saturated rings. The van der Waals surface area contributed by atoms with Gasteiger partial charge in [-0.05, 0) is 61.3 Å². The zero-order chi connectivity index (χ0) is 14.7. The summed E-state index contributed by atoms with van der Waals surface area (Å²) < 4.78 is 5.12. The van der Waals surface area contributed by atoms with Gasteiger partial charge in [0.2, 0.25) is 0 Å². The highest BCUT2D eigenvalue weighted by atomic mass is 16.5. The summed E-state index contributed by atoms with van der Waals surface area (Å²) in [7, 11) is 0. The fraction of sp³-hybridized carbons (Fsp3) is 0.500. The van der Waals surface area contributed by atoms with Crippen molar-refractivity contribution < 1.29 is 9.53 Å². The Balaban J connectivity index is 1.50. The Kier molecular flexibility index (Phi) is 4.28. The van der Waals surface area contributed by atoms with Crippen molar-refractivity contribution in [1.82, 2.24) is 0 Å². The maximum atomic E-state index is 11.7. The molecule has 1 aromatic carbocycles. The number of esters is 1. The van der Waals surface area contributed by atoms with Crippen LogP contribution in [0, 0.1) is 17.8 Å². The number of benzene rings is 1. The number of rotatable bonds is 6. The van der Waals surface area contributed by atoms with Crippen molar-refractivity contribution in [3.8, 4) is 0 Å². The topological polar surface area (TPSA) is 38.3 Å². The largest absolute Gasteiger partial charge is 0.462 e. The van der Waals surface area contributed by atoms with Crippen LogP contribution in [0.2, 0.25) is 0 Å². The number of carbonyl (C=O) groups excluding carboxylic acids is 1. The predicted octanol–water partition coefficient (Wildman–Crippen LogP) is 3.88. The highest BCUT2D eigenvalue weighted by Crippen LogP contribution is 2.43. The van der Waals surface area contributed by atoms with Gasteiger partial charge in [-0.1, -0.05) is 19.1 Å². The monoisotopic (exact) mass is 285 g/mol. The van der Waals surface area contributed by atoms with Gasteiger partial charge < -0.3 is 10.1 Å². The summed E-state index contributed by atoms with van der Waals surface area (Å²) in [5.74, 6) is 2.11. The van der Waals surface area contributed by atoms with Gasteiger partial charge in [0.05, 0.1) is 12.2 Å². The summed E-state index contributed by atoms with van der Waals surface area (Å²) in [6.45, 7) is 3.49. The molecule has 0 radical (unpaired) electrons. The molecule has 0 heterocycles. The van der Waals surface area contributed by atoms with E-state index in [0.29, 0.717) is 12.2 Å². The maximum absolute atomic E-state index is 11.7. The van der Waals surface area contributed by atoms with Gasteiger partial charge in [0, 0.05) is 12.2 Å². The van der Waals surface area contributed by atoms with Crippen molar-refractivity contribution in [3.05, 3.63) is 42.0 Å². The molecule has 0 aromatic heterocycles. The summed E-state index contributed by atoms with van der Waals surface area (Å²) in [5.41, 5.74) is 1.70. The van der Waals surface area contributed by atoms with Gasteiger partial charge >= 0.3 is 5.97 Å². The van der Waals surface area contributed by atoms with Crippen molar-refractivity contribution >= 4 is 11.7 Å². The van der Waals surface area contributed by atoms with E-state index >= 15 is 0 Å². The minimum Gasteiger partial charge on any atom is -0.462 e. The third-order valence-corrected chi connectivity index (χ3v) is 4.54. The van der Waals surface area contributed by atoms with E-state index in [9.17, 15) is 4.79 Å². The Morgan fingerprint density at radius 2 is 2.05 bits per heavy atom. The lowest BCUT2D eigenvalue weighted by molar-refractivity contribution is 0.0505. The number of carbonyl (C=O) groups is 1. The Bertz CT molecular complexity index is 521. The van der Waals surface area contributed by atoms with Gasteiger partial charge in [-0.15, -0.1) is 0 Å². The van der Waals surface area contributed by atoms with Crippen molar-refractivity contribution in [2.75, 3.05) is 18.5 Å². The van der Waals surface area contributed by atoms with Gasteiger partial charge in [-0.2, -0.15) is 0 Å². The molecule has 3 nitrogen and oxygen atoms in total. The second-order valence-electron chi connectivity index (χ2n) is 6.13. The zero-order valence-corrected chi connectivity index (χ0v) is 12.5. The number of nitrogens with one attached hydrogen (secondary N) is 1. The third-order valence-electron chi connectivity index (χ3n) is 4.54. The Labute approximate surface area is 126 Å². The smallest absolute Gasteiger partial charge is 0.338 e. The molecule has 0 spiro atoms. The molecule has 3 heteroatoms. The average molecular weight is 285 g/mol. The van der Waals surface area contributed by atoms with Crippen LogP contribution in [0.25, 0.3) is 0 Å². The average Bonchev–Trinajstić information content (AvgIpc) is 3.14. The van der Waals surface area contributed by atoms with Crippen LogP contribution >= 0.6 is 0 Å². The van der Waals surface area contributed by atoms with Crippen LogP contribution in [0.15, 0.2) is 36.4 Å². The minimum absolute atomic E-state index is 0.235. The number of hydrogen-bond donors (Lipinski definition) is 1. The van der Waals surface area contributed by atoms with E-state index in [1.807, 2.05) is 31.2 Å². The molecular weight excluding hydrogens is 262 g/mol. The van der Waals surface area contributed by atoms with Crippen LogP contribution in [0.5, 0.6) is 0 Å². The van der Waals surface area contributed by atoms with E-state index < -0.39 is 0 Å². The van der Waals surface area contributed by atoms with Crippen LogP contribution < -0.4 is 5.32 Å². The van der Waals surface area contributed by atoms with Gasteiger partial charge in [0.25, 0.3) is 0 Å². The molecule has 0 aliphatic heterocycles. The molecule has 2 aliphatic carbocycles. The summed E-state index contributed by atoms with van der Waals surface area (Å²) >= 11 is 0. The Morgan fingerprint density at radius 1 is 1.24 bits per heavy atom. The number of allylic oxidation sites excluding steroid dienone is 2. The van der Waals surface area contributed by atoms with Crippen molar-refractivity contribution in [1.29, 1.82) is 0 Å². The fourth-order valence-corrected chi connectivity index (χ4v) is 3.38. The number of ether oxygens (including phenoxy) is 1. The molecule has 3 unspecified atom stereocenters. The molecule has 2 aliphatic rings. The molecule has 1 N–H and O–H groups in total. The normalized spacial score (nSPS) is 26.0. The highest BCUT2D eigenvalue weighted by molar-refractivity contribution is 5.89. The van der Waals surface area contributed by atoms with Crippen LogP contribution in [0.1, 0.15) is 36.5 Å². The van der Waals surface area contributed by atoms with E-state index in [1.54, 1.807) is 0 Å². The SMILES string of the molecule is CCCOC(=O)c1ccc(NCC2CC3C=CC2C3)cc1. The number of fused-ring (bicyclic) bond motifs is 2. The number of hydrogen-bond acceptors (Lipinski definition) is 3. The summed E-state index contributed by atoms with van der Waals surface area (Å²) in [4.78, 5) is 11.7. The lowest BCUT2D eigenvalue weighted by Crippen LogP contribution is -2.18. The number of anilines is 1. The van der Waals surface area contributed by atoms with Crippen molar-refractivity contribution in [2.45, 2.75) is 26.2 Å². The van der Waals surface area contributed by atoms with E-state index in [4.69, 9.17) is 4.74 Å². The first-order valence-corrected chi connectivity index (χ1v) is 7.95. The van der Waals surface area contributed by atoms with Gasteiger partial charge in [0.1, 0.15) is 0 Å². The summed E-state index contributed by atoms with van der Waals surface area (Å²) in [6.07, 6.45) is 8.26. The lowest BCUT2D eigenvalue weighted by Gasteiger charge is -2.19. The molecule has 112 valence electrons. The molecule has 1 saturated carbocycles. The molecular formula is C18H23NO2. The molecule has 2 bridgehead atoms. The van der Waals surface area contributed by atoms with Crippen LogP contribution in [-0.4, -0.2) is 19.1 Å². The molecule has 3 rings (SSSR count). The van der Waals surface area contributed by atoms with Crippen LogP contribution in [-0.2, 0) is 4.74 Å². The first-order chi connectivity index (χ1) is 10.3. The minimum atomic E-state index is -0.235. The van der Waals surface area contributed by atoms with E-state index in [2.05, 4.69) is 17.5 Å². The molecule has 1 aromatic rings. The van der Waals surface area contributed by atoms with E-state index in [-0.39, 0.29) is 5.97 Å². The van der Waals surface area contributed by atoms with Gasteiger partial charge in [0.15, 0.2) is 0 Å². The zero-order valence-electron chi connectivity index (χ0n) is 12.5. The Morgan fingerprint density at radius 3 is 2.67 bits per heavy atom. The summed E-state index contributed by atoms with van der Waals surface area (Å²) in [6, 6.07) is 7.60. The highest BCUT2D eigenvalue weighted by Gasteiger charge is 2.35. The lowest BCUT2D eigenvalue weighted by atomic mass is 9.93. The van der Waals surface area contributed by atoms with E-state index in [0.717, 1.165) is 36.4 Å². The second-order valence-corrected chi connectivity index (χ2v) is 6.13. The quantitative estimate of drug-likeness (QED) is 0.637. The molecule has 21 heavy (non-hydrogen) atoms. The fourth-order valence-electron chi connectivity index (χ4n) is 3.38. The Hall–Kier alpha value is -1.77. The van der Waals surface area contributed by atoms with Crippen molar-refractivity contribution in [3.63, 3.8) is 0 Å². The predicted molar refractivity (Wildman–Crippen MR) is 84.3 cm³/mol. The van der Waals surface area contributed by atoms with Crippen LogP contribution in [0.4, 0.5) is 5.69 Å². The standard InChI is InChI=1S/C18H23NO2/c1-2-9-21-18(20)14-5-7-17(8-6-14)19-12-16-11-13-3-4-15(16)10-13/h3-8,13,15-16,19H,2,9-12H2,1H3. The van der Waals surface area contributed by atoms with Gasteiger partial charge in [-0.25, -0.2) is 4.79 Å². The second kappa shape index (κ2) is 6.33. The summed E-state index contributed by atoms with van der Waals surface area (Å²) in [5, 5.41) is 3.49.